The minimum atomic E-state index is -4.38. The van der Waals surface area contributed by atoms with Crippen LogP contribution in [0.2, 0.25) is 0 Å². The molecule has 0 aliphatic carbocycles. The van der Waals surface area contributed by atoms with E-state index in [-0.39, 0.29) is 6.04 Å². The first-order valence-electron chi connectivity index (χ1n) is 8.41. The molecule has 2 heterocycles. The molecular formula is C19H18F3N3OS. The van der Waals surface area contributed by atoms with Crippen LogP contribution in [0.4, 0.5) is 18.3 Å². The van der Waals surface area contributed by atoms with Gasteiger partial charge in [0.15, 0.2) is 5.13 Å². The van der Waals surface area contributed by atoms with Gasteiger partial charge in [-0.25, -0.2) is 4.98 Å². The van der Waals surface area contributed by atoms with Crippen molar-refractivity contribution < 1.29 is 18.0 Å². The lowest BCUT2D eigenvalue weighted by Crippen LogP contribution is -2.36. The number of carbonyl (C=O) groups excluding carboxylic acids is 1. The molecule has 1 aromatic heterocycles. The van der Waals surface area contributed by atoms with Gasteiger partial charge in [-0.15, -0.1) is 11.3 Å². The Hall–Kier alpha value is -2.53. The molecular weight excluding hydrogens is 375 g/mol. The maximum atomic E-state index is 12.5. The zero-order chi connectivity index (χ0) is 19.6. The molecule has 1 aromatic carbocycles. The van der Waals surface area contributed by atoms with E-state index in [9.17, 15) is 18.0 Å². The monoisotopic (exact) mass is 393 g/mol. The third-order valence-electron chi connectivity index (χ3n) is 4.34. The van der Waals surface area contributed by atoms with Crippen LogP contribution in [0.1, 0.15) is 28.1 Å². The van der Waals surface area contributed by atoms with E-state index in [1.807, 2.05) is 13.8 Å². The van der Waals surface area contributed by atoms with Gasteiger partial charge >= 0.3 is 6.18 Å². The topological polar surface area (TPSA) is 45.2 Å². The summed E-state index contributed by atoms with van der Waals surface area (Å²) in [6.45, 7) is 5.48. The van der Waals surface area contributed by atoms with Crippen molar-refractivity contribution in [3.05, 3.63) is 46.0 Å². The Bertz CT molecular complexity index is 874. The molecule has 1 saturated heterocycles. The van der Waals surface area contributed by atoms with Crippen LogP contribution in [0.5, 0.6) is 0 Å². The van der Waals surface area contributed by atoms with E-state index < -0.39 is 17.6 Å². The first kappa shape index (κ1) is 19.2. The van der Waals surface area contributed by atoms with Crippen LogP contribution in [0.15, 0.2) is 24.3 Å². The maximum Gasteiger partial charge on any atom is 0.416 e. The number of thiazole rings is 1. The lowest BCUT2D eigenvalue weighted by Gasteiger charge is -2.14. The second-order valence-electron chi connectivity index (χ2n) is 6.37. The van der Waals surface area contributed by atoms with Gasteiger partial charge in [-0.3, -0.25) is 4.79 Å². The lowest BCUT2D eigenvalue weighted by molar-refractivity contribution is -0.137. The Morgan fingerprint density at radius 3 is 2.59 bits per heavy atom. The Labute approximate surface area is 159 Å². The van der Waals surface area contributed by atoms with Crippen molar-refractivity contribution in [3.63, 3.8) is 0 Å². The van der Waals surface area contributed by atoms with Crippen molar-refractivity contribution in [2.45, 2.75) is 32.5 Å². The van der Waals surface area contributed by atoms with Gasteiger partial charge < -0.3 is 10.2 Å². The van der Waals surface area contributed by atoms with E-state index in [0.29, 0.717) is 12.1 Å². The summed E-state index contributed by atoms with van der Waals surface area (Å²) in [7, 11) is 0. The fourth-order valence-corrected chi connectivity index (χ4v) is 3.68. The van der Waals surface area contributed by atoms with Gasteiger partial charge in [0.05, 0.1) is 11.3 Å². The zero-order valence-electron chi connectivity index (χ0n) is 14.9. The summed E-state index contributed by atoms with van der Waals surface area (Å²) in [5.74, 6) is 4.60. The Morgan fingerprint density at radius 1 is 1.30 bits per heavy atom. The van der Waals surface area contributed by atoms with Gasteiger partial charge in [-0.2, -0.15) is 13.2 Å². The second kappa shape index (κ2) is 7.61. The Kier molecular flexibility index (Phi) is 5.42. The molecule has 3 rings (SSSR count). The summed E-state index contributed by atoms with van der Waals surface area (Å²) >= 11 is 1.64. The summed E-state index contributed by atoms with van der Waals surface area (Å²) in [5.41, 5.74) is 0.640. The highest BCUT2D eigenvalue weighted by atomic mass is 32.1. The van der Waals surface area contributed by atoms with E-state index in [1.54, 1.807) is 11.3 Å². The summed E-state index contributed by atoms with van der Waals surface area (Å²) in [6, 6.07) is 4.40. The number of hydrogen-bond donors (Lipinski definition) is 1. The molecule has 0 spiro atoms. The van der Waals surface area contributed by atoms with Crippen LogP contribution >= 0.6 is 11.3 Å². The number of aromatic nitrogens is 1. The molecule has 2 aromatic rings. The SMILES string of the molecule is Cc1nc(N2CCC(NC(=O)C#Cc3ccc(C(F)(F)F)cc3)C2)sc1C. The average molecular weight is 393 g/mol. The number of aryl methyl sites for hydroxylation is 2. The van der Waals surface area contributed by atoms with Gasteiger partial charge in [0.1, 0.15) is 0 Å². The molecule has 1 atom stereocenters. The number of anilines is 1. The number of halogens is 3. The number of benzene rings is 1. The van der Waals surface area contributed by atoms with Crippen LogP contribution in [-0.4, -0.2) is 30.0 Å². The van der Waals surface area contributed by atoms with Gasteiger partial charge in [-0.1, -0.05) is 5.92 Å². The van der Waals surface area contributed by atoms with Gasteiger partial charge in [-0.05, 0) is 44.5 Å². The van der Waals surface area contributed by atoms with Crippen molar-refractivity contribution >= 4 is 22.4 Å². The van der Waals surface area contributed by atoms with Crippen molar-refractivity contribution in [1.82, 2.24) is 10.3 Å². The quantitative estimate of drug-likeness (QED) is 0.794. The largest absolute Gasteiger partial charge is 0.416 e. The first-order valence-corrected chi connectivity index (χ1v) is 9.23. The third kappa shape index (κ3) is 4.80. The molecule has 142 valence electrons. The normalized spacial score (nSPS) is 16.8. The minimum absolute atomic E-state index is 0.0242. The highest BCUT2D eigenvalue weighted by molar-refractivity contribution is 7.15. The molecule has 8 heteroatoms. The Balaban J connectivity index is 1.55. The molecule has 1 fully saturated rings. The number of alkyl halides is 3. The smallest absolute Gasteiger partial charge is 0.346 e. The van der Waals surface area contributed by atoms with Crippen LogP contribution in [-0.2, 0) is 11.0 Å². The fraction of sp³-hybridized carbons (Fsp3) is 0.368. The summed E-state index contributed by atoms with van der Waals surface area (Å²) < 4.78 is 37.6. The Morgan fingerprint density at radius 2 is 2.00 bits per heavy atom. The van der Waals surface area contributed by atoms with Gasteiger partial charge in [0, 0.05) is 35.5 Å². The highest BCUT2D eigenvalue weighted by Crippen LogP contribution is 2.29. The number of hydrogen-bond acceptors (Lipinski definition) is 4. The van der Waals surface area contributed by atoms with E-state index in [1.165, 1.54) is 17.0 Å². The second-order valence-corrected chi connectivity index (χ2v) is 7.55. The third-order valence-corrected chi connectivity index (χ3v) is 5.48. The van der Waals surface area contributed by atoms with Crippen LogP contribution in [0.25, 0.3) is 0 Å². The number of nitrogens with zero attached hydrogens (tertiary/aromatic N) is 2. The predicted molar refractivity (Wildman–Crippen MR) is 98.7 cm³/mol. The lowest BCUT2D eigenvalue weighted by atomic mass is 10.1. The number of carbonyl (C=O) groups is 1. The van der Waals surface area contributed by atoms with Crippen LogP contribution < -0.4 is 10.2 Å². The van der Waals surface area contributed by atoms with E-state index in [4.69, 9.17) is 0 Å². The molecule has 4 nitrogen and oxygen atoms in total. The maximum absolute atomic E-state index is 12.5. The van der Waals surface area contributed by atoms with Crippen molar-refractivity contribution in [2.24, 2.45) is 0 Å². The predicted octanol–water partition coefficient (Wildman–Crippen LogP) is 3.53. The van der Waals surface area contributed by atoms with E-state index >= 15 is 0 Å². The van der Waals surface area contributed by atoms with Gasteiger partial charge in [0.25, 0.3) is 5.91 Å². The van der Waals surface area contributed by atoms with Crippen molar-refractivity contribution in [2.75, 3.05) is 18.0 Å². The number of rotatable bonds is 2. The zero-order valence-corrected chi connectivity index (χ0v) is 15.7. The molecule has 1 aliphatic heterocycles. The summed E-state index contributed by atoms with van der Waals surface area (Å²) in [6.07, 6.45) is -3.59. The summed E-state index contributed by atoms with van der Waals surface area (Å²) in [5, 5.41) is 3.80. The van der Waals surface area contributed by atoms with Crippen molar-refractivity contribution in [3.8, 4) is 11.8 Å². The molecule has 27 heavy (non-hydrogen) atoms. The molecule has 0 bridgehead atoms. The number of amides is 1. The molecule has 1 unspecified atom stereocenters. The van der Waals surface area contributed by atoms with Crippen LogP contribution in [0, 0.1) is 25.7 Å². The molecule has 0 radical (unpaired) electrons. The first-order chi connectivity index (χ1) is 12.7. The van der Waals surface area contributed by atoms with Crippen LogP contribution in [0.3, 0.4) is 0 Å². The van der Waals surface area contributed by atoms with E-state index in [2.05, 4.69) is 27.0 Å². The average Bonchev–Trinajstić information content (AvgIpc) is 3.19. The standard InChI is InChI=1S/C19H18F3N3OS/c1-12-13(2)27-18(23-12)25-10-9-16(11-25)24-17(26)8-5-14-3-6-15(7-4-14)19(20,21)22/h3-4,6-7,16H,9-11H2,1-2H3,(H,24,26). The van der Waals surface area contributed by atoms with E-state index in [0.717, 1.165) is 35.9 Å². The highest BCUT2D eigenvalue weighted by Gasteiger charge is 2.30. The summed E-state index contributed by atoms with van der Waals surface area (Å²) in [4.78, 5) is 19.9. The van der Waals surface area contributed by atoms with Gasteiger partial charge in [0.2, 0.25) is 0 Å². The number of nitrogens with one attached hydrogen (secondary N) is 1. The molecule has 0 saturated carbocycles. The minimum Gasteiger partial charge on any atom is -0.346 e. The fourth-order valence-electron chi connectivity index (χ4n) is 2.74. The molecule has 1 amide bonds. The van der Waals surface area contributed by atoms with Crippen molar-refractivity contribution in [1.29, 1.82) is 0 Å². The molecule has 1 aliphatic rings. The molecule has 1 N–H and O–H groups in total.